The van der Waals surface area contributed by atoms with Gasteiger partial charge in [0.2, 0.25) is 0 Å². The summed E-state index contributed by atoms with van der Waals surface area (Å²) in [5.74, 6) is 0.590. The third-order valence-corrected chi connectivity index (χ3v) is 5.27. The zero-order valence-corrected chi connectivity index (χ0v) is 22.0. The minimum atomic E-state index is -0.397. The number of benzene rings is 4. The Morgan fingerprint density at radius 1 is 0.758 bits per heavy atom. The summed E-state index contributed by atoms with van der Waals surface area (Å²) in [7, 11) is 0. The number of carbonyl (C=O) groups excluding carboxylic acids is 1. The fraction of sp³-hybridized carbons (Fsp3) is 0.160. The van der Waals surface area contributed by atoms with Crippen molar-refractivity contribution in [2.75, 3.05) is 13.1 Å². The Bertz CT molecular complexity index is 1220. The molecule has 171 valence electrons. The van der Waals surface area contributed by atoms with E-state index in [9.17, 15) is 9.90 Å². The van der Waals surface area contributed by atoms with Crippen LogP contribution in [0.4, 0.5) is 4.79 Å². The van der Waals surface area contributed by atoms with Crippen molar-refractivity contribution >= 4 is 27.6 Å². The molecule has 4 aromatic carbocycles. The van der Waals surface area contributed by atoms with Gasteiger partial charge in [0.15, 0.2) is 0 Å². The first-order chi connectivity index (χ1) is 14.1. The summed E-state index contributed by atoms with van der Waals surface area (Å²) < 4.78 is 5.83. The van der Waals surface area contributed by atoms with Crippen LogP contribution < -0.4 is 42.0 Å². The molecule has 0 bridgehead atoms. The van der Waals surface area contributed by atoms with E-state index in [-0.39, 0.29) is 64.7 Å². The number of aromatic hydroxyl groups is 1. The quantitative estimate of drug-likeness (QED) is 0.286. The van der Waals surface area contributed by atoms with Crippen LogP contribution in [-0.4, -0.2) is 29.2 Å². The second-order valence-corrected chi connectivity index (χ2v) is 6.88. The van der Waals surface area contributed by atoms with E-state index in [1.807, 2.05) is 74.5 Å². The van der Waals surface area contributed by atoms with Crippen LogP contribution in [0.1, 0.15) is 13.8 Å². The van der Waals surface area contributed by atoms with Gasteiger partial charge in [0.25, 0.3) is 0 Å². The molecule has 0 spiro atoms. The second-order valence-electron chi connectivity index (χ2n) is 6.88. The van der Waals surface area contributed by atoms with Crippen LogP contribution in [0, 0.1) is 0 Å². The van der Waals surface area contributed by atoms with E-state index in [0.29, 0.717) is 24.4 Å². The third kappa shape index (κ3) is 6.14. The minimum Gasteiger partial charge on any atom is -1.00 e. The molecule has 0 unspecified atom stereocenters. The first kappa shape index (κ1) is 31.1. The molecule has 0 saturated carbocycles. The number of phenolic OH excluding ortho intramolecular Hbond substituents is 1. The number of nitrogens with zero attached hydrogens (tertiary/aromatic N) is 1. The molecular formula is C25H23Cl3NO3Ti. The van der Waals surface area contributed by atoms with Gasteiger partial charge in [-0.25, -0.2) is 4.79 Å². The molecule has 8 heteroatoms. The predicted octanol–water partition coefficient (Wildman–Crippen LogP) is -2.78. The standard InChI is InChI=1S/C25H23NO3.3ClH.Ti/c1-3-26(4-2)25(28)29-22-16-14-18-10-6-8-12-20(18)24(22)23-19-11-7-5-9-17(19)13-15-21(23)27;;;;/h5-16,27H,3-4H2,1-2H3;3*1H;/q;;;;+3/p-3. The number of halogens is 3. The Hall–Kier alpha value is -1.95. The number of ether oxygens (including phenoxy) is 1. The number of carbonyl (C=O) groups is 1. The first-order valence-corrected chi connectivity index (χ1v) is 9.83. The van der Waals surface area contributed by atoms with Crippen molar-refractivity contribution in [1.29, 1.82) is 0 Å². The van der Waals surface area contributed by atoms with Crippen molar-refractivity contribution < 1.29 is 73.6 Å². The molecule has 0 aliphatic carbocycles. The van der Waals surface area contributed by atoms with Gasteiger partial charge in [0, 0.05) is 24.2 Å². The number of phenols is 1. The summed E-state index contributed by atoms with van der Waals surface area (Å²) in [4.78, 5) is 14.3. The van der Waals surface area contributed by atoms with Gasteiger partial charge in [-0.15, -0.1) is 0 Å². The number of amides is 1. The molecule has 4 nitrogen and oxygen atoms in total. The van der Waals surface area contributed by atoms with E-state index in [1.54, 1.807) is 17.0 Å². The van der Waals surface area contributed by atoms with Crippen LogP contribution in [0.25, 0.3) is 32.7 Å². The molecule has 1 N–H and O–H groups in total. The summed E-state index contributed by atoms with van der Waals surface area (Å²) >= 11 is 0. The molecule has 0 fully saturated rings. The van der Waals surface area contributed by atoms with Crippen molar-refractivity contribution in [2.45, 2.75) is 13.8 Å². The van der Waals surface area contributed by atoms with Gasteiger partial charge >= 0.3 is 27.8 Å². The van der Waals surface area contributed by atoms with E-state index in [1.165, 1.54) is 0 Å². The van der Waals surface area contributed by atoms with Crippen molar-refractivity contribution in [3.63, 3.8) is 0 Å². The molecule has 0 saturated heterocycles. The Morgan fingerprint density at radius 2 is 1.24 bits per heavy atom. The van der Waals surface area contributed by atoms with Gasteiger partial charge in [0.05, 0.1) is 0 Å². The fourth-order valence-corrected chi connectivity index (χ4v) is 3.76. The van der Waals surface area contributed by atoms with E-state index in [2.05, 4.69) is 0 Å². The van der Waals surface area contributed by atoms with Crippen LogP contribution in [0.2, 0.25) is 0 Å². The molecular weight excluding hydrogens is 517 g/mol. The third-order valence-electron chi connectivity index (χ3n) is 5.27. The Balaban J connectivity index is 0.00000256. The first-order valence-electron chi connectivity index (χ1n) is 9.83. The molecule has 0 aliphatic rings. The zero-order chi connectivity index (χ0) is 20.4. The van der Waals surface area contributed by atoms with Crippen LogP contribution in [0.5, 0.6) is 11.5 Å². The van der Waals surface area contributed by atoms with Gasteiger partial charge in [-0.1, -0.05) is 60.7 Å². The maximum absolute atomic E-state index is 12.7. The average Bonchev–Trinajstić information content (AvgIpc) is 2.75. The van der Waals surface area contributed by atoms with Crippen LogP contribution in [0.3, 0.4) is 0 Å². The van der Waals surface area contributed by atoms with Crippen LogP contribution in [-0.2, 0) is 21.7 Å². The smallest absolute Gasteiger partial charge is 1.00 e. The van der Waals surface area contributed by atoms with Crippen LogP contribution >= 0.6 is 0 Å². The Morgan fingerprint density at radius 3 is 1.79 bits per heavy atom. The Kier molecular flexibility index (Phi) is 12.9. The minimum absolute atomic E-state index is 0. The summed E-state index contributed by atoms with van der Waals surface area (Å²) in [5.41, 5.74) is 1.39. The maximum Gasteiger partial charge on any atom is 3.00 e. The molecule has 0 aliphatic heterocycles. The molecule has 1 amide bonds. The van der Waals surface area contributed by atoms with E-state index >= 15 is 0 Å². The molecule has 0 heterocycles. The summed E-state index contributed by atoms with van der Waals surface area (Å²) in [6.45, 7) is 4.97. The predicted molar refractivity (Wildman–Crippen MR) is 117 cm³/mol. The fourth-order valence-electron chi connectivity index (χ4n) is 3.76. The van der Waals surface area contributed by atoms with Gasteiger partial charge in [0.1, 0.15) is 11.5 Å². The van der Waals surface area contributed by atoms with E-state index in [0.717, 1.165) is 27.1 Å². The Labute approximate surface area is 227 Å². The largest absolute Gasteiger partial charge is 3.00 e. The summed E-state index contributed by atoms with van der Waals surface area (Å²) in [5, 5.41) is 14.7. The van der Waals surface area contributed by atoms with Gasteiger partial charge < -0.3 is 52.0 Å². The van der Waals surface area contributed by atoms with Crippen molar-refractivity contribution in [3.8, 4) is 22.6 Å². The number of hydrogen-bond donors (Lipinski definition) is 1. The number of hydrogen-bond acceptors (Lipinski definition) is 3. The zero-order valence-electron chi connectivity index (χ0n) is 18.2. The SMILES string of the molecule is CCN(CC)C(=O)Oc1ccc2ccccc2c1-c1c(O)ccc2ccccc12.[Cl-].[Cl-].[Cl-].[Ti+3]. The van der Waals surface area contributed by atoms with E-state index in [4.69, 9.17) is 4.74 Å². The molecule has 0 atom stereocenters. The number of rotatable bonds is 4. The normalized spacial score (nSPS) is 9.64. The second kappa shape index (κ2) is 13.7. The monoisotopic (exact) mass is 538 g/mol. The van der Waals surface area contributed by atoms with Crippen molar-refractivity contribution in [2.24, 2.45) is 0 Å². The van der Waals surface area contributed by atoms with Gasteiger partial charge in [-0.3, -0.25) is 0 Å². The average molecular weight is 540 g/mol. The molecule has 33 heavy (non-hydrogen) atoms. The molecule has 4 aromatic rings. The van der Waals surface area contributed by atoms with Crippen molar-refractivity contribution in [1.82, 2.24) is 4.90 Å². The topological polar surface area (TPSA) is 49.8 Å². The van der Waals surface area contributed by atoms with Gasteiger partial charge in [-0.05, 0) is 47.5 Å². The van der Waals surface area contributed by atoms with Crippen LogP contribution in [0.15, 0.2) is 72.8 Å². The maximum atomic E-state index is 12.7. The number of fused-ring (bicyclic) bond motifs is 2. The summed E-state index contributed by atoms with van der Waals surface area (Å²) in [6, 6.07) is 23.1. The molecule has 0 aromatic heterocycles. The molecule has 4 rings (SSSR count). The van der Waals surface area contributed by atoms with Crippen molar-refractivity contribution in [3.05, 3.63) is 72.8 Å². The summed E-state index contributed by atoms with van der Waals surface area (Å²) in [6.07, 6.45) is -0.397. The molecule has 1 radical (unpaired) electrons. The van der Waals surface area contributed by atoms with E-state index < -0.39 is 6.09 Å². The van der Waals surface area contributed by atoms with Gasteiger partial charge in [-0.2, -0.15) is 0 Å².